The largest absolute Gasteiger partial charge is 0.312 e. The van der Waals surface area contributed by atoms with Crippen LogP contribution < -0.4 is 5.32 Å². The number of nitrogens with zero attached hydrogens (tertiary/aromatic N) is 1. The molecule has 0 amide bonds. The van der Waals surface area contributed by atoms with Crippen LogP contribution in [0.5, 0.6) is 0 Å². The fourth-order valence-electron chi connectivity index (χ4n) is 1.50. The molecule has 0 spiro atoms. The number of hydrogen-bond acceptors (Lipinski definition) is 3. The molecule has 0 radical (unpaired) electrons. The normalized spacial score (nSPS) is 16.1. The fourth-order valence-corrected chi connectivity index (χ4v) is 2.33. The Morgan fingerprint density at radius 2 is 2.00 bits per heavy atom. The summed E-state index contributed by atoms with van der Waals surface area (Å²) in [6.45, 7) is 12.3. The Labute approximate surface area is 103 Å². The molecule has 1 rings (SSSR count). The standard InChI is InChI=1S/C13H24N2S/c1-6-13(5,10-15-12(2,3)4)9-11-14-7-8-16-11/h7-8,15H,6,9-10H2,1-5H3. The second kappa shape index (κ2) is 5.28. The third-order valence-electron chi connectivity index (χ3n) is 2.96. The van der Waals surface area contributed by atoms with Crippen LogP contribution in [0.25, 0.3) is 0 Å². The van der Waals surface area contributed by atoms with E-state index in [1.54, 1.807) is 11.3 Å². The van der Waals surface area contributed by atoms with Crippen molar-refractivity contribution in [2.45, 2.75) is 53.0 Å². The smallest absolute Gasteiger partial charge is 0.0930 e. The zero-order valence-corrected chi connectivity index (χ0v) is 11.9. The van der Waals surface area contributed by atoms with Gasteiger partial charge in [-0.15, -0.1) is 11.3 Å². The summed E-state index contributed by atoms with van der Waals surface area (Å²) in [6.07, 6.45) is 4.15. The maximum absolute atomic E-state index is 4.38. The molecule has 0 bridgehead atoms. The van der Waals surface area contributed by atoms with E-state index in [1.165, 1.54) is 11.4 Å². The van der Waals surface area contributed by atoms with Gasteiger partial charge in [-0.1, -0.05) is 13.8 Å². The van der Waals surface area contributed by atoms with Gasteiger partial charge in [0, 0.05) is 30.1 Å². The molecule has 16 heavy (non-hydrogen) atoms. The van der Waals surface area contributed by atoms with E-state index in [4.69, 9.17) is 0 Å². The van der Waals surface area contributed by atoms with Gasteiger partial charge >= 0.3 is 0 Å². The molecule has 1 atom stereocenters. The van der Waals surface area contributed by atoms with Gasteiger partial charge in [-0.05, 0) is 32.6 Å². The van der Waals surface area contributed by atoms with Crippen LogP contribution in [0.15, 0.2) is 11.6 Å². The van der Waals surface area contributed by atoms with Crippen LogP contribution in [-0.4, -0.2) is 17.1 Å². The van der Waals surface area contributed by atoms with Gasteiger partial charge in [0.25, 0.3) is 0 Å². The SMILES string of the molecule is CCC(C)(CNC(C)(C)C)Cc1nccs1. The monoisotopic (exact) mass is 240 g/mol. The first-order valence-electron chi connectivity index (χ1n) is 5.98. The number of aromatic nitrogens is 1. The average molecular weight is 240 g/mol. The lowest BCUT2D eigenvalue weighted by Gasteiger charge is -2.32. The highest BCUT2D eigenvalue weighted by molar-refractivity contribution is 7.09. The number of hydrogen-bond donors (Lipinski definition) is 1. The van der Waals surface area contributed by atoms with Crippen LogP contribution in [0.4, 0.5) is 0 Å². The van der Waals surface area contributed by atoms with Gasteiger partial charge in [0.2, 0.25) is 0 Å². The van der Waals surface area contributed by atoms with Crippen LogP contribution in [0.1, 0.15) is 46.0 Å². The Kier molecular flexibility index (Phi) is 4.51. The second-order valence-electron chi connectivity index (χ2n) is 5.87. The van der Waals surface area contributed by atoms with Gasteiger partial charge in [-0.3, -0.25) is 0 Å². The number of rotatable bonds is 5. The zero-order valence-electron chi connectivity index (χ0n) is 11.1. The lowest BCUT2D eigenvalue weighted by Crippen LogP contribution is -2.43. The van der Waals surface area contributed by atoms with Crippen molar-refractivity contribution in [1.82, 2.24) is 10.3 Å². The first kappa shape index (κ1) is 13.7. The molecule has 0 aliphatic rings. The average Bonchev–Trinajstić information content (AvgIpc) is 2.66. The Hall–Kier alpha value is -0.410. The van der Waals surface area contributed by atoms with Crippen molar-refractivity contribution in [3.63, 3.8) is 0 Å². The van der Waals surface area contributed by atoms with Crippen molar-refractivity contribution in [2.24, 2.45) is 5.41 Å². The van der Waals surface area contributed by atoms with Crippen LogP contribution in [0.3, 0.4) is 0 Å². The molecule has 0 saturated carbocycles. The first-order valence-corrected chi connectivity index (χ1v) is 6.86. The fraction of sp³-hybridized carbons (Fsp3) is 0.769. The van der Waals surface area contributed by atoms with Crippen molar-refractivity contribution in [3.05, 3.63) is 16.6 Å². The van der Waals surface area contributed by atoms with E-state index in [-0.39, 0.29) is 5.54 Å². The maximum Gasteiger partial charge on any atom is 0.0930 e. The van der Waals surface area contributed by atoms with Crippen molar-refractivity contribution in [2.75, 3.05) is 6.54 Å². The maximum atomic E-state index is 4.38. The molecule has 1 aromatic heterocycles. The molecule has 92 valence electrons. The minimum absolute atomic E-state index is 0.194. The topological polar surface area (TPSA) is 24.9 Å². The molecule has 0 aromatic carbocycles. The molecule has 1 heterocycles. The molecule has 1 unspecified atom stereocenters. The van der Waals surface area contributed by atoms with Crippen molar-refractivity contribution < 1.29 is 0 Å². The van der Waals surface area contributed by atoms with Crippen molar-refractivity contribution >= 4 is 11.3 Å². The number of nitrogens with one attached hydrogen (secondary N) is 1. The molecule has 0 saturated heterocycles. The summed E-state index contributed by atoms with van der Waals surface area (Å²) in [7, 11) is 0. The second-order valence-corrected chi connectivity index (χ2v) is 6.85. The molecule has 0 aliphatic carbocycles. The van der Waals surface area contributed by atoms with E-state index < -0.39 is 0 Å². The minimum atomic E-state index is 0.194. The highest BCUT2D eigenvalue weighted by Gasteiger charge is 2.25. The van der Waals surface area contributed by atoms with Crippen LogP contribution in [0.2, 0.25) is 0 Å². The number of thiazole rings is 1. The summed E-state index contributed by atoms with van der Waals surface area (Å²) in [5, 5.41) is 6.91. The summed E-state index contributed by atoms with van der Waals surface area (Å²) in [5.74, 6) is 0. The van der Waals surface area contributed by atoms with E-state index in [1.807, 2.05) is 6.20 Å². The van der Waals surface area contributed by atoms with E-state index in [0.717, 1.165) is 13.0 Å². The lowest BCUT2D eigenvalue weighted by molar-refractivity contribution is 0.254. The molecular formula is C13H24N2S. The lowest BCUT2D eigenvalue weighted by atomic mass is 9.83. The molecule has 0 fully saturated rings. The summed E-state index contributed by atoms with van der Waals surface area (Å²) >= 11 is 1.76. The highest BCUT2D eigenvalue weighted by atomic mass is 32.1. The Bertz CT molecular complexity index is 300. The van der Waals surface area contributed by atoms with Crippen molar-refractivity contribution in [3.8, 4) is 0 Å². The highest BCUT2D eigenvalue weighted by Crippen LogP contribution is 2.27. The summed E-state index contributed by atoms with van der Waals surface area (Å²) in [5.41, 5.74) is 0.504. The van der Waals surface area contributed by atoms with E-state index in [9.17, 15) is 0 Å². The third-order valence-corrected chi connectivity index (χ3v) is 3.74. The van der Waals surface area contributed by atoms with Gasteiger partial charge in [0.05, 0.1) is 5.01 Å². The molecule has 1 N–H and O–H groups in total. The zero-order chi connectivity index (χ0) is 12.2. The van der Waals surface area contributed by atoms with Crippen LogP contribution in [-0.2, 0) is 6.42 Å². The molecule has 0 aliphatic heterocycles. The Morgan fingerprint density at radius 1 is 1.31 bits per heavy atom. The van der Waals surface area contributed by atoms with Crippen LogP contribution >= 0.6 is 11.3 Å². The van der Waals surface area contributed by atoms with Gasteiger partial charge in [0.15, 0.2) is 0 Å². The van der Waals surface area contributed by atoms with Gasteiger partial charge < -0.3 is 5.32 Å². The Morgan fingerprint density at radius 3 is 2.44 bits per heavy atom. The molecule has 1 aromatic rings. The summed E-state index contributed by atoms with van der Waals surface area (Å²) in [6, 6.07) is 0. The first-order chi connectivity index (χ1) is 7.35. The molecule has 3 heteroatoms. The predicted octanol–water partition coefficient (Wildman–Crippen LogP) is 3.49. The Balaban J connectivity index is 2.56. The predicted molar refractivity (Wildman–Crippen MR) is 72.0 cm³/mol. The summed E-state index contributed by atoms with van der Waals surface area (Å²) < 4.78 is 0. The van der Waals surface area contributed by atoms with Gasteiger partial charge in [-0.2, -0.15) is 0 Å². The summed E-state index contributed by atoms with van der Waals surface area (Å²) in [4.78, 5) is 4.38. The quantitative estimate of drug-likeness (QED) is 0.852. The van der Waals surface area contributed by atoms with Crippen molar-refractivity contribution in [1.29, 1.82) is 0 Å². The third kappa shape index (κ3) is 4.62. The van der Waals surface area contributed by atoms with Gasteiger partial charge in [0.1, 0.15) is 0 Å². The van der Waals surface area contributed by atoms with Crippen LogP contribution in [0, 0.1) is 5.41 Å². The van der Waals surface area contributed by atoms with E-state index in [0.29, 0.717) is 5.41 Å². The minimum Gasteiger partial charge on any atom is -0.312 e. The van der Waals surface area contributed by atoms with E-state index >= 15 is 0 Å². The molecular weight excluding hydrogens is 216 g/mol. The van der Waals surface area contributed by atoms with Gasteiger partial charge in [-0.25, -0.2) is 4.98 Å². The van der Waals surface area contributed by atoms with E-state index in [2.05, 4.69) is 50.3 Å². The molecule has 2 nitrogen and oxygen atoms in total.